The van der Waals surface area contributed by atoms with Gasteiger partial charge >= 0.3 is 5.97 Å². The van der Waals surface area contributed by atoms with Crippen molar-refractivity contribution >= 4 is 18.1 Å². The van der Waals surface area contributed by atoms with Gasteiger partial charge in [-0.3, -0.25) is 9.78 Å². The number of aromatic nitrogens is 1. The van der Waals surface area contributed by atoms with Crippen LogP contribution in [0.1, 0.15) is 26.6 Å². The second-order valence-electron chi connectivity index (χ2n) is 5.19. The van der Waals surface area contributed by atoms with Crippen molar-refractivity contribution in [3.8, 4) is 11.5 Å². The highest BCUT2D eigenvalue weighted by Gasteiger charge is 2.14. The summed E-state index contributed by atoms with van der Waals surface area (Å²) in [6.07, 6.45) is 4.33. The molecule has 0 radical (unpaired) electrons. The first-order chi connectivity index (χ1) is 13.2. The number of benzene rings is 1. The summed E-state index contributed by atoms with van der Waals surface area (Å²) in [5.74, 6) is -0.423. The molecule has 136 valence electrons. The summed E-state index contributed by atoms with van der Waals surface area (Å²) >= 11 is 0. The molecule has 0 aliphatic rings. The molecule has 0 aliphatic heterocycles. The van der Waals surface area contributed by atoms with Gasteiger partial charge in [-0.25, -0.2) is 10.2 Å². The summed E-state index contributed by atoms with van der Waals surface area (Å²) in [6.45, 7) is 0. The Morgan fingerprint density at radius 2 is 2.04 bits per heavy atom. The SMILES string of the molecule is COc1cc(C=NNC(=O)c2ccccn2)ccc1OC(=O)c1ccco1. The maximum absolute atomic E-state index is 12.0. The number of hydrogen-bond donors (Lipinski definition) is 1. The van der Waals surface area contributed by atoms with Crippen LogP contribution in [0.5, 0.6) is 11.5 Å². The fourth-order valence-corrected chi connectivity index (χ4v) is 2.11. The number of methoxy groups -OCH3 is 1. The molecule has 1 aromatic carbocycles. The number of rotatable bonds is 6. The van der Waals surface area contributed by atoms with E-state index in [0.29, 0.717) is 11.3 Å². The Hall–Kier alpha value is -3.94. The number of nitrogens with one attached hydrogen (secondary N) is 1. The van der Waals surface area contributed by atoms with E-state index < -0.39 is 11.9 Å². The van der Waals surface area contributed by atoms with Gasteiger partial charge in [-0.2, -0.15) is 5.10 Å². The number of hydrazone groups is 1. The molecule has 0 aliphatic carbocycles. The Morgan fingerprint density at radius 3 is 2.74 bits per heavy atom. The van der Waals surface area contributed by atoms with E-state index in [-0.39, 0.29) is 17.2 Å². The molecule has 0 spiro atoms. The van der Waals surface area contributed by atoms with Crippen molar-refractivity contribution in [3.05, 3.63) is 78.0 Å². The van der Waals surface area contributed by atoms with E-state index in [4.69, 9.17) is 13.9 Å². The molecule has 8 nitrogen and oxygen atoms in total. The van der Waals surface area contributed by atoms with Crippen molar-refractivity contribution < 1.29 is 23.5 Å². The molecule has 0 fully saturated rings. The van der Waals surface area contributed by atoms with Crippen molar-refractivity contribution in [1.29, 1.82) is 0 Å². The van der Waals surface area contributed by atoms with Crippen LogP contribution in [0.4, 0.5) is 0 Å². The Bertz CT molecular complexity index is 953. The zero-order chi connectivity index (χ0) is 19.1. The third-order valence-electron chi connectivity index (χ3n) is 3.39. The molecule has 2 aromatic heterocycles. The largest absolute Gasteiger partial charge is 0.493 e. The number of amides is 1. The van der Waals surface area contributed by atoms with Gasteiger partial charge in [0, 0.05) is 6.20 Å². The van der Waals surface area contributed by atoms with Crippen LogP contribution in [0, 0.1) is 0 Å². The fraction of sp³-hybridized carbons (Fsp3) is 0.0526. The molecule has 3 aromatic rings. The first-order valence-electron chi connectivity index (χ1n) is 7.85. The highest BCUT2D eigenvalue weighted by molar-refractivity contribution is 5.93. The lowest BCUT2D eigenvalue weighted by atomic mass is 10.2. The highest BCUT2D eigenvalue weighted by atomic mass is 16.6. The number of esters is 1. The summed E-state index contributed by atoms with van der Waals surface area (Å²) in [5, 5.41) is 3.88. The van der Waals surface area contributed by atoms with E-state index in [1.165, 1.54) is 31.9 Å². The van der Waals surface area contributed by atoms with E-state index in [1.54, 1.807) is 42.5 Å². The molecule has 0 saturated heterocycles. The van der Waals surface area contributed by atoms with Crippen LogP contribution in [0.2, 0.25) is 0 Å². The molecule has 0 bridgehead atoms. The van der Waals surface area contributed by atoms with E-state index in [2.05, 4.69) is 15.5 Å². The van der Waals surface area contributed by atoms with E-state index >= 15 is 0 Å². The topological polar surface area (TPSA) is 103 Å². The van der Waals surface area contributed by atoms with Crippen LogP contribution in [0.25, 0.3) is 0 Å². The van der Waals surface area contributed by atoms with Gasteiger partial charge in [0.1, 0.15) is 5.69 Å². The summed E-state index contributed by atoms with van der Waals surface area (Å²) in [7, 11) is 1.45. The number of furan rings is 1. The van der Waals surface area contributed by atoms with Crippen LogP contribution in [-0.2, 0) is 0 Å². The normalized spacial score (nSPS) is 10.6. The maximum atomic E-state index is 12.0. The monoisotopic (exact) mass is 365 g/mol. The molecule has 8 heteroatoms. The zero-order valence-corrected chi connectivity index (χ0v) is 14.3. The van der Waals surface area contributed by atoms with Gasteiger partial charge in [0.2, 0.25) is 5.76 Å². The molecule has 1 N–H and O–H groups in total. The fourth-order valence-electron chi connectivity index (χ4n) is 2.11. The van der Waals surface area contributed by atoms with Crippen molar-refractivity contribution in [1.82, 2.24) is 10.4 Å². The van der Waals surface area contributed by atoms with Crippen LogP contribution in [-0.4, -0.2) is 30.2 Å². The average molecular weight is 365 g/mol. The molecule has 2 heterocycles. The van der Waals surface area contributed by atoms with Crippen LogP contribution in [0.15, 0.2) is 70.5 Å². The lowest BCUT2D eigenvalue weighted by Gasteiger charge is -2.09. The zero-order valence-electron chi connectivity index (χ0n) is 14.3. The van der Waals surface area contributed by atoms with Crippen molar-refractivity contribution in [3.63, 3.8) is 0 Å². The van der Waals surface area contributed by atoms with E-state index in [0.717, 1.165) is 0 Å². The molecular weight excluding hydrogens is 350 g/mol. The predicted molar refractivity (Wildman–Crippen MR) is 96.0 cm³/mol. The minimum Gasteiger partial charge on any atom is -0.493 e. The Balaban J connectivity index is 1.66. The standard InChI is InChI=1S/C19H15N3O5/c1-25-17-11-13(12-21-22-18(23)14-5-2-3-9-20-14)7-8-15(17)27-19(24)16-6-4-10-26-16/h2-12H,1H3,(H,22,23). The van der Waals surface area contributed by atoms with E-state index in [1.807, 2.05) is 0 Å². The van der Waals surface area contributed by atoms with E-state index in [9.17, 15) is 9.59 Å². The quantitative estimate of drug-likeness (QED) is 0.312. The number of nitrogens with zero attached hydrogens (tertiary/aromatic N) is 2. The third-order valence-corrected chi connectivity index (χ3v) is 3.39. The lowest BCUT2D eigenvalue weighted by Crippen LogP contribution is -2.18. The molecular formula is C19H15N3O5. The second kappa shape index (κ2) is 8.43. The van der Waals surface area contributed by atoms with Gasteiger partial charge in [0.05, 0.1) is 19.6 Å². The Morgan fingerprint density at radius 1 is 1.15 bits per heavy atom. The average Bonchev–Trinajstić information content (AvgIpc) is 3.24. The number of hydrogen-bond acceptors (Lipinski definition) is 7. The van der Waals surface area contributed by atoms with Crippen LogP contribution < -0.4 is 14.9 Å². The van der Waals surface area contributed by atoms with Gasteiger partial charge in [-0.05, 0) is 48.0 Å². The molecule has 0 atom stereocenters. The highest BCUT2D eigenvalue weighted by Crippen LogP contribution is 2.28. The third kappa shape index (κ3) is 4.57. The summed E-state index contributed by atoms with van der Waals surface area (Å²) in [4.78, 5) is 27.8. The first-order valence-corrected chi connectivity index (χ1v) is 7.85. The van der Waals surface area contributed by atoms with Crippen molar-refractivity contribution in [2.45, 2.75) is 0 Å². The van der Waals surface area contributed by atoms with Crippen LogP contribution >= 0.6 is 0 Å². The Labute approximate surface area is 154 Å². The maximum Gasteiger partial charge on any atom is 0.379 e. The number of carbonyl (C=O) groups excluding carboxylic acids is 2. The first kappa shape index (κ1) is 17.9. The molecule has 0 unspecified atom stereocenters. The summed E-state index contributed by atoms with van der Waals surface area (Å²) in [6, 6.07) is 12.9. The van der Waals surface area contributed by atoms with Gasteiger partial charge in [0.25, 0.3) is 5.91 Å². The molecule has 27 heavy (non-hydrogen) atoms. The second-order valence-corrected chi connectivity index (χ2v) is 5.19. The van der Waals surface area contributed by atoms with Gasteiger partial charge in [0.15, 0.2) is 11.5 Å². The summed E-state index contributed by atoms with van der Waals surface area (Å²) in [5.41, 5.74) is 3.27. The molecule has 3 rings (SSSR count). The van der Waals surface area contributed by atoms with Crippen molar-refractivity contribution in [2.75, 3.05) is 7.11 Å². The number of ether oxygens (including phenoxy) is 2. The van der Waals surface area contributed by atoms with Gasteiger partial charge in [-0.15, -0.1) is 0 Å². The lowest BCUT2D eigenvalue weighted by molar-refractivity contribution is 0.0696. The smallest absolute Gasteiger partial charge is 0.379 e. The molecule has 1 amide bonds. The summed E-state index contributed by atoms with van der Waals surface area (Å²) < 4.78 is 15.5. The van der Waals surface area contributed by atoms with Crippen LogP contribution in [0.3, 0.4) is 0 Å². The number of pyridine rings is 1. The van der Waals surface area contributed by atoms with Gasteiger partial charge < -0.3 is 13.9 Å². The minimum absolute atomic E-state index is 0.0833. The van der Waals surface area contributed by atoms with Gasteiger partial charge in [-0.1, -0.05) is 6.07 Å². The number of carbonyl (C=O) groups is 2. The molecule has 0 saturated carbocycles. The Kier molecular flexibility index (Phi) is 5.58. The van der Waals surface area contributed by atoms with Crippen molar-refractivity contribution in [2.24, 2.45) is 5.10 Å². The minimum atomic E-state index is -0.637. The predicted octanol–water partition coefficient (Wildman–Crippen LogP) is 2.67.